The summed E-state index contributed by atoms with van der Waals surface area (Å²) in [6.45, 7) is 8.10. The number of aliphatic hydroxyl groups is 1. The third-order valence-corrected chi connectivity index (χ3v) is 8.24. The first-order valence-corrected chi connectivity index (χ1v) is 17.1. The molecule has 2 aromatic rings. The van der Waals surface area contributed by atoms with Crippen LogP contribution in [0.15, 0.2) is 48.5 Å². The molecular formula is C37H45N3O14. The Bertz CT molecular complexity index is 1730. The van der Waals surface area contributed by atoms with Gasteiger partial charge in [0.25, 0.3) is 0 Å². The van der Waals surface area contributed by atoms with Crippen LogP contribution < -0.4 is 16.0 Å². The Balaban J connectivity index is 1.57. The van der Waals surface area contributed by atoms with Gasteiger partial charge in [-0.3, -0.25) is 24.0 Å². The first kappa shape index (κ1) is 41.2. The number of benzene rings is 2. The lowest BCUT2D eigenvalue weighted by atomic mass is 9.91. The van der Waals surface area contributed by atoms with Gasteiger partial charge in [0.05, 0.1) is 6.42 Å². The molecule has 2 aliphatic rings. The van der Waals surface area contributed by atoms with Crippen LogP contribution in [0, 0.1) is 0 Å². The largest absolute Gasteiger partial charge is 0.463 e. The Morgan fingerprint density at radius 1 is 0.815 bits per heavy atom. The summed E-state index contributed by atoms with van der Waals surface area (Å²) in [4.78, 5) is 88.5. The smallest absolute Gasteiger partial charge is 0.407 e. The van der Waals surface area contributed by atoms with E-state index in [0.717, 1.165) is 49.9 Å². The molecule has 4 N–H and O–H groups in total. The van der Waals surface area contributed by atoms with Gasteiger partial charge in [0.15, 0.2) is 18.4 Å². The molecule has 0 spiro atoms. The highest BCUT2D eigenvalue weighted by atomic mass is 16.6. The van der Waals surface area contributed by atoms with Crippen LogP contribution in [0.25, 0.3) is 11.1 Å². The number of nitrogens with one attached hydrogen (secondary N) is 3. The third-order valence-electron chi connectivity index (χ3n) is 8.24. The highest BCUT2D eigenvalue weighted by Gasteiger charge is 2.61. The summed E-state index contributed by atoms with van der Waals surface area (Å²) in [6, 6.07) is 13.7. The molecule has 17 heteroatoms. The maximum absolute atomic E-state index is 13.7. The van der Waals surface area contributed by atoms with E-state index in [9.17, 15) is 38.7 Å². The van der Waals surface area contributed by atoms with E-state index in [1.165, 1.54) is 0 Å². The van der Waals surface area contributed by atoms with Crippen LogP contribution in [0.4, 0.5) is 4.79 Å². The van der Waals surface area contributed by atoms with Gasteiger partial charge in [0, 0.05) is 33.6 Å². The predicted octanol–water partition coefficient (Wildman–Crippen LogP) is 1.72. The summed E-state index contributed by atoms with van der Waals surface area (Å²) in [7, 11) is 0. The molecule has 0 aromatic heterocycles. The number of rotatable bonds is 12. The minimum absolute atomic E-state index is 0.0997. The van der Waals surface area contributed by atoms with Crippen molar-refractivity contribution in [3.05, 3.63) is 59.7 Å². The van der Waals surface area contributed by atoms with Crippen LogP contribution in [0.5, 0.6) is 0 Å². The van der Waals surface area contributed by atoms with E-state index in [1.807, 2.05) is 48.5 Å². The maximum atomic E-state index is 13.7. The summed E-state index contributed by atoms with van der Waals surface area (Å²) < 4.78 is 32.5. The number of alkyl carbamates (subject to hydrolysis) is 1. The van der Waals surface area contributed by atoms with Gasteiger partial charge < -0.3 is 49.5 Å². The number of amides is 3. The minimum atomic E-state index is -2.80. The molecule has 1 aliphatic heterocycles. The molecule has 3 amide bonds. The van der Waals surface area contributed by atoms with Crippen molar-refractivity contribution < 1.29 is 67.1 Å². The van der Waals surface area contributed by atoms with Crippen molar-refractivity contribution in [1.29, 1.82) is 0 Å². The van der Waals surface area contributed by atoms with E-state index in [1.54, 1.807) is 20.8 Å². The number of ether oxygens (including phenoxy) is 6. The molecule has 2 aromatic carbocycles. The first-order chi connectivity index (χ1) is 25.3. The summed E-state index contributed by atoms with van der Waals surface area (Å²) in [5.41, 5.74) is 0.0495. The Hall–Kier alpha value is -5.55. The molecule has 6 atom stereocenters. The lowest BCUT2D eigenvalue weighted by molar-refractivity contribution is -0.295. The molecule has 4 rings (SSSR count). The third kappa shape index (κ3) is 10.3. The zero-order chi connectivity index (χ0) is 40.0. The van der Waals surface area contributed by atoms with Crippen LogP contribution in [-0.2, 0) is 57.2 Å². The number of hydrogen-bond acceptors (Lipinski definition) is 14. The van der Waals surface area contributed by atoms with Crippen LogP contribution >= 0.6 is 0 Å². The number of fused-ring (bicyclic) bond motifs is 3. The van der Waals surface area contributed by atoms with Crippen molar-refractivity contribution in [1.82, 2.24) is 16.0 Å². The molecule has 1 heterocycles. The zero-order valence-electron chi connectivity index (χ0n) is 31.0. The van der Waals surface area contributed by atoms with Crippen LogP contribution in [-0.4, -0.2) is 102 Å². The second kappa shape index (κ2) is 17.1. The minimum Gasteiger partial charge on any atom is -0.463 e. The number of carbonyl (C=O) groups excluding carboxylic acids is 7. The molecule has 54 heavy (non-hydrogen) atoms. The van der Waals surface area contributed by atoms with Crippen LogP contribution in [0.3, 0.4) is 0 Å². The normalized spacial score (nSPS) is 22.3. The molecule has 17 nitrogen and oxygen atoms in total. The molecular weight excluding hydrogens is 710 g/mol. The molecule has 0 saturated carbocycles. The summed E-state index contributed by atoms with van der Waals surface area (Å²) >= 11 is 0. The maximum Gasteiger partial charge on any atom is 0.407 e. The fourth-order valence-corrected chi connectivity index (χ4v) is 6.25. The highest BCUT2D eigenvalue weighted by molar-refractivity contribution is 5.88. The standard InChI is InChI=1S/C37H45N3O14/c1-19(41)40-37(48)32(52-22(4)44)31(51-21(3)43)29(18-49-20(2)42)53-34(37)39-30(45)16-28(33(46)54-36(5,6)7)38-35(47)50-17-27-25-14-10-8-12-23(25)24-13-9-11-15-26(24)27/h8-15,27-29,31-32,34,48H,16-18H2,1-7H3,(H,38,47)(H,39,45)(H,40,41)/t28-,29+,31+,32-,34+,37+/m0/s1. The molecule has 1 fully saturated rings. The summed E-state index contributed by atoms with van der Waals surface area (Å²) in [5.74, 6) is -5.92. The van der Waals surface area contributed by atoms with Gasteiger partial charge >= 0.3 is 30.0 Å². The van der Waals surface area contributed by atoms with E-state index >= 15 is 0 Å². The van der Waals surface area contributed by atoms with E-state index < -0.39 is 96.7 Å². The summed E-state index contributed by atoms with van der Waals surface area (Å²) in [5, 5.41) is 18.8. The number of carbonyl (C=O) groups is 7. The van der Waals surface area contributed by atoms with Crippen LogP contribution in [0.2, 0.25) is 0 Å². The highest BCUT2D eigenvalue weighted by Crippen LogP contribution is 2.44. The average molecular weight is 756 g/mol. The monoisotopic (exact) mass is 755 g/mol. The Morgan fingerprint density at radius 3 is 1.91 bits per heavy atom. The Kier molecular flexibility index (Phi) is 13.0. The predicted molar refractivity (Wildman–Crippen MR) is 186 cm³/mol. The van der Waals surface area contributed by atoms with E-state index in [0.29, 0.717) is 0 Å². The Morgan fingerprint density at radius 2 is 1.39 bits per heavy atom. The molecule has 1 aliphatic carbocycles. The van der Waals surface area contributed by atoms with Gasteiger partial charge in [0.1, 0.15) is 31.0 Å². The van der Waals surface area contributed by atoms with Gasteiger partial charge in [-0.1, -0.05) is 48.5 Å². The zero-order valence-corrected chi connectivity index (χ0v) is 31.0. The second-order valence-corrected chi connectivity index (χ2v) is 13.8. The van der Waals surface area contributed by atoms with Gasteiger partial charge in [-0.2, -0.15) is 0 Å². The van der Waals surface area contributed by atoms with Crippen molar-refractivity contribution in [3.8, 4) is 11.1 Å². The molecule has 0 bridgehead atoms. The SMILES string of the molecule is CC(=O)N[C@]1(O)[C@H](NC(=O)C[C@H](NC(=O)OCC2c3ccccc3-c3ccccc32)C(=O)OC(C)(C)C)O[C@H](COC(C)=O)[C@@H](OC(C)=O)[C@@H]1OC(C)=O. The number of hydrogen-bond donors (Lipinski definition) is 4. The average Bonchev–Trinajstić information content (AvgIpc) is 3.38. The van der Waals surface area contributed by atoms with Gasteiger partial charge in [-0.15, -0.1) is 0 Å². The topological polar surface area (TPSA) is 231 Å². The summed E-state index contributed by atoms with van der Waals surface area (Å²) in [6.07, 6.45) is -8.90. The second-order valence-electron chi connectivity index (χ2n) is 13.8. The van der Waals surface area contributed by atoms with E-state index in [-0.39, 0.29) is 12.5 Å². The lowest BCUT2D eigenvalue weighted by Crippen LogP contribution is -2.77. The lowest BCUT2D eigenvalue weighted by Gasteiger charge is -2.50. The molecule has 0 unspecified atom stereocenters. The van der Waals surface area contributed by atoms with Gasteiger partial charge in [-0.25, -0.2) is 9.59 Å². The van der Waals surface area contributed by atoms with Crippen molar-refractivity contribution in [2.45, 2.75) is 103 Å². The van der Waals surface area contributed by atoms with E-state index in [4.69, 9.17) is 28.4 Å². The quantitative estimate of drug-likeness (QED) is 0.137. The van der Waals surface area contributed by atoms with Crippen molar-refractivity contribution in [3.63, 3.8) is 0 Å². The van der Waals surface area contributed by atoms with Crippen LogP contribution in [0.1, 0.15) is 71.9 Å². The fraction of sp³-hybridized carbons (Fsp3) is 0.486. The Labute approximate surface area is 311 Å². The van der Waals surface area contributed by atoms with Crippen molar-refractivity contribution in [2.75, 3.05) is 13.2 Å². The molecule has 0 radical (unpaired) electrons. The van der Waals surface area contributed by atoms with Gasteiger partial charge in [0.2, 0.25) is 17.5 Å². The van der Waals surface area contributed by atoms with Crippen molar-refractivity contribution >= 4 is 41.8 Å². The van der Waals surface area contributed by atoms with Crippen molar-refractivity contribution in [2.24, 2.45) is 0 Å². The van der Waals surface area contributed by atoms with E-state index in [2.05, 4.69) is 16.0 Å². The number of esters is 4. The molecule has 292 valence electrons. The van der Waals surface area contributed by atoms with Gasteiger partial charge in [-0.05, 0) is 43.0 Å². The molecule has 1 saturated heterocycles. The fourth-order valence-electron chi connectivity index (χ4n) is 6.25. The first-order valence-electron chi connectivity index (χ1n) is 17.1.